The number of H-pyrrole nitrogens is 1. The molecular weight excluding hydrogens is 363 g/mol. The van der Waals surface area contributed by atoms with Gasteiger partial charge in [-0.1, -0.05) is 18.2 Å². The third kappa shape index (κ3) is 3.71. The summed E-state index contributed by atoms with van der Waals surface area (Å²) in [7, 11) is 1.22. The molecule has 0 atom stereocenters. The van der Waals surface area contributed by atoms with Gasteiger partial charge in [-0.2, -0.15) is 0 Å². The molecule has 7 heteroatoms. The molecule has 0 saturated carbocycles. The molecule has 0 unspecified atom stereocenters. The molecule has 148 valence electrons. The number of nitrogens with one attached hydrogen (secondary N) is 1. The summed E-state index contributed by atoms with van der Waals surface area (Å²) >= 11 is 0. The number of para-hydroxylation sites is 1. The van der Waals surface area contributed by atoms with Crippen LogP contribution < -0.4 is 4.74 Å². The van der Waals surface area contributed by atoms with Crippen LogP contribution in [0.2, 0.25) is 0 Å². The molecule has 3 rings (SSSR count). The molecule has 28 heavy (non-hydrogen) atoms. The Bertz CT molecular complexity index is 1020. The Kier molecular flexibility index (Phi) is 5.38. The molecule has 0 aliphatic rings. The Morgan fingerprint density at radius 3 is 2.57 bits per heavy atom. The smallest absolute Gasteiger partial charge is 0.314 e. The number of nitrogens with zero attached hydrogens (tertiary/aromatic N) is 1. The first-order chi connectivity index (χ1) is 13.2. The van der Waals surface area contributed by atoms with Gasteiger partial charge in [0, 0.05) is 23.2 Å². The number of aryl methyl sites for hydroxylation is 2. The van der Waals surface area contributed by atoms with Crippen LogP contribution in [0.5, 0.6) is 5.75 Å². The van der Waals surface area contributed by atoms with Crippen LogP contribution in [0.4, 0.5) is 10.1 Å². The van der Waals surface area contributed by atoms with E-state index in [1.165, 1.54) is 19.2 Å². The number of hydrogen-bond donors (Lipinski definition) is 2. The van der Waals surface area contributed by atoms with Gasteiger partial charge in [0.15, 0.2) is 5.82 Å². The monoisotopic (exact) mass is 386 g/mol. The van der Waals surface area contributed by atoms with Gasteiger partial charge in [0.25, 0.3) is 0 Å². The van der Waals surface area contributed by atoms with Gasteiger partial charge in [0.05, 0.1) is 23.2 Å². The van der Waals surface area contributed by atoms with Crippen LogP contribution in [0.1, 0.15) is 37.0 Å². The fourth-order valence-electron chi connectivity index (χ4n) is 3.52. The maximum absolute atomic E-state index is 14.5. The zero-order chi connectivity index (χ0) is 20.5. The van der Waals surface area contributed by atoms with Crippen molar-refractivity contribution >= 4 is 16.6 Å². The Hall–Kier alpha value is -2.93. The van der Waals surface area contributed by atoms with Crippen molar-refractivity contribution in [1.82, 2.24) is 4.98 Å². The number of aliphatic hydroxyl groups is 1. The van der Waals surface area contributed by atoms with Gasteiger partial charge in [0.1, 0.15) is 0 Å². The molecule has 2 N–H and O–H groups in total. The summed E-state index contributed by atoms with van der Waals surface area (Å²) in [6.07, 6.45) is 3.70. The molecule has 1 heterocycles. The first-order valence-electron chi connectivity index (χ1n) is 9.05. The number of aromatic amines is 1. The molecule has 0 aliphatic carbocycles. The first-order valence-corrected chi connectivity index (χ1v) is 9.05. The lowest BCUT2D eigenvalue weighted by molar-refractivity contribution is -0.386. The SMILES string of the molecule is COc1c([N+](=O)[O-])ccc(CCCc2c[nH]c3c(C(C)(C)O)cccc23)c1F. The standard InChI is InChI=1S/C21H23FN2O4/c1-21(2,25)16-9-5-8-15-14(12-23-19(15)16)7-4-6-13-10-11-17(24(26)27)20(28-3)18(13)22/h5,8-12,23,25H,4,6-7H2,1-3H3. The summed E-state index contributed by atoms with van der Waals surface area (Å²) in [4.78, 5) is 13.6. The van der Waals surface area contributed by atoms with Crippen molar-refractivity contribution in [2.24, 2.45) is 0 Å². The molecule has 0 amide bonds. The highest BCUT2D eigenvalue weighted by Gasteiger charge is 2.22. The highest BCUT2D eigenvalue weighted by molar-refractivity contribution is 5.86. The molecule has 0 aliphatic heterocycles. The number of rotatable bonds is 7. The van der Waals surface area contributed by atoms with Crippen molar-refractivity contribution in [3.8, 4) is 5.75 Å². The van der Waals surface area contributed by atoms with Crippen molar-refractivity contribution in [2.45, 2.75) is 38.7 Å². The van der Waals surface area contributed by atoms with Crippen molar-refractivity contribution in [3.05, 3.63) is 69.2 Å². The quantitative estimate of drug-likeness (QED) is 0.458. The minimum atomic E-state index is -0.958. The predicted molar refractivity (Wildman–Crippen MR) is 105 cm³/mol. The molecule has 2 aromatic carbocycles. The van der Waals surface area contributed by atoms with E-state index in [-0.39, 0.29) is 11.4 Å². The van der Waals surface area contributed by atoms with E-state index in [4.69, 9.17) is 4.74 Å². The van der Waals surface area contributed by atoms with Crippen molar-refractivity contribution < 1.29 is 19.2 Å². The van der Waals surface area contributed by atoms with E-state index < -0.39 is 16.3 Å². The second-order valence-electron chi connectivity index (χ2n) is 7.30. The lowest BCUT2D eigenvalue weighted by atomic mass is 9.95. The number of nitro groups is 1. The zero-order valence-electron chi connectivity index (χ0n) is 16.1. The summed E-state index contributed by atoms with van der Waals surface area (Å²) in [6, 6.07) is 8.51. The van der Waals surface area contributed by atoms with Crippen LogP contribution in [-0.4, -0.2) is 22.1 Å². The molecule has 0 saturated heterocycles. The Morgan fingerprint density at radius 2 is 1.93 bits per heavy atom. The van der Waals surface area contributed by atoms with E-state index in [0.717, 1.165) is 22.0 Å². The van der Waals surface area contributed by atoms with Crippen LogP contribution in [0.25, 0.3) is 10.9 Å². The second-order valence-corrected chi connectivity index (χ2v) is 7.30. The lowest BCUT2D eigenvalue weighted by Gasteiger charge is -2.18. The average molecular weight is 386 g/mol. The lowest BCUT2D eigenvalue weighted by Crippen LogP contribution is -2.15. The summed E-state index contributed by atoms with van der Waals surface area (Å²) in [5.41, 5.74) is 1.85. The van der Waals surface area contributed by atoms with E-state index in [9.17, 15) is 19.6 Å². The topological polar surface area (TPSA) is 88.4 Å². The molecule has 0 spiro atoms. The number of ether oxygens (including phenoxy) is 1. The van der Waals surface area contributed by atoms with E-state index in [0.29, 0.717) is 24.8 Å². The Balaban J connectivity index is 1.79. The first kappa shape index (κ1) is 19.8. The number of methoxy groups -OCH3 is 1. The molecule has 1 aromatic heterocycles. The predicted octanol–water partition coefficient (Wildman–Crippen LogP) is 4.63. The number of hydrogen-bond acceptors (Lipinski definition) is 4. The van der Waals surface area contributed by atoms with Crippen LogP contribution in [0, 0.1) is 15.9 Å². The second kappa shape index (κ2) is 7.59. The third-order valence-corrected chi connectivity index (χ3v) is 4.91. The molecule has 0 bridgehead atoms. The minimum Gasteiger partial charge on any atom is -0.488 e. The molecule has 6 nitrogen and oxygen atoms in total. The van der Waals surface area contributed by atoms with Gasteiger partial charge in [0.2, 0.25) is 5.75 Å². The van der Waals surface area contributed by atoms with E-state index in [1.54, 1.807) is 13.8 Å². The summed E-state index contributed by atoms with van der Waals surface area (Å²) in [6.45, 7) is 3.49. The Labute approximate surface area is 162 Å². The fraction of sp³-hybridized carbons (Fsp3) is 0.333. The van der Waals surface area contributed by atoms with Gasteiger partial charge < -0.3 is 14.8 Å². The van der Waals surface area contributed by atoms with Crippen molar-refractivity contribution in [1.29, 1.82) is 0 Å². The highest BCUT2D eigenvalue weighted by atomic mass is 19.1. The van der Waals surface area contributed by atoms with E-state index in [1.807, 2.05) is 24.4 Å². The number of aromatic nitrogens is 1. The highest BCUT2D eigenvalue weighted by Crippen LogP contribution is 2.33. The largest absolute Gasteiger partial charge is 0.488 e. The Morgan fingerprint density at radius 1 is 1.21 bits per heavy atom. The van der Waals surface area contributed by atoms with Gasteiger partial charge in [-0.3, -0.25) is 10.1 Å². The van der Waals surface area contributed by atoms with Gasteiger partial charge in [-0.05, 0) is 50.3 Å². The summed E-state index contributed by atoms with van der Waals surface area (Å²) in [5.74, 6) is -1.01. The van der Waals surface area contributed by atoms with Crippen molar-refractivity contribution in [2.75, 3.05) is 7.11 Å². The molecule has 0 fully saturated rings. The average Bonchev–Trinajstić information content (AvgIpc) is 3.05. The van der Waals surface area contributed by atoms with Gasteiger partial charge in [-0.25, -0.2) is 4.39 Å². The maximum atomic E-state index is 14.5. The van der Waals surface area contributed by atoms with Crippen LogP contribution >= 0.6 is 0 Å². The van der Waals surface area contributed by atoms with E-state index >= 15 is 0 Å². The zero-order valence-corrected chi connectivity index (χ0v) is 16.1. The normalized spacial score (nSPS) is 11.8. The third-order valence-electron chi connectivity index (χ3n) is 4.91. The van der Waals surface area contributed by atoms with Crippen LogP contribution in [0.15, 0.2) is 36.5 Å². The minimum absolute atomic E-state index is 0.329. The number of fused-ring (bicyclic) bond motifs is 1. The number of benzene rings is 2. The van der Waals surface area contributed by atoms with Gasteiger partial charge in [-0.15, -0.1) is 0 Å². The number of halogens is 1. The molecular formula is C21H23FN2O4. The summed E-state index contributed by atoms with van der Waals surface area (Å²) in [5, 5.41) is 22.3. The maximum Gasteiger partial charge on any atom is 0.314 e. The van der Waals surface area contributed by atoms with Gasteiger partial charge >= 0.3 is 5.69 Å². The van der Waals surface area contributed by atoms with Crippen molar-refractivity contribution in [3.63, 3.8) is 0 Å². The molecule has 0 radical (unpaired) electrons. The van der Waals surface area contributed by atoms with E-state index in [2.05, 4.69) is 4.98 Å². The molecule has 3 aromatic rings. The number of nitro benzene ring substituents is 1. The van der Waals surface area contributed by atoms with Crippen LogP contribution in [0.3, 0.4) is 0 Å². The van der Waals surface area contributed by atoms with Crippen LogP contribution in [-0.2, 0) is 18.4 Å². The summed E-state index contributed by atoms with van der Waals surface area (Å²) < 4.78 is 19.4. The fourth-order valence-corrected chi connectivity index (χ4v) is 3.52.